The first-order valence-electron chi connectivity index (χ1n) is 7.06. The summed E-state index contributed by atoms with van der Waals surface area (Å²) in [7, 11) is 0. The molecular weight excluding hydrogens is 256 g/mol. The van der Waals surface area contributed by atoms with Gasteiger partial charge in [-0.15, -0.1) is 0 Å². The molecule has 2 heterocycles. The van der Waals surface area contributed by atoms with Crippen LogP contribution in [-0.4, -0.2) is 36.4 Å². The molecule has 1 N–H and O–H groups in total. The van der Waals surface area contributed by atoms with Gasteiger partial charge in [0.15, 0.2) is 6.61 Å². The van der Waals surface area contributed by atoms with Crippen molar-refractivity contribution >= 4 is 17.5 Å². The molecule has 5 heteroatoms. The number of benzene rings is 1. The maximum atomic E-state index is 12.2. The molecule has 0 unspecified atom stereocenters. The lowest BCUT2D eigenvalue weighted by atomic mass is 10.1. The smallest absolute Gasteiger partial charge is 0.262 e. The van der Waals surface area contributed by atoms with Gasteiger partial charge in [-0.3, -0.25) is 9.59 Å². The van der Waals surface area contributed by atoms with Gasteiger partial charge < -0.3 is 15.0 Å². The van der Waals surface area contributed by atoms with Crippen molar-refractivity contribution in [2.24, 2.45) is 0 Å². The highest BCUT2D eigenvalue weighted by molar-refractivity contribution is 5.95. The first kappa shape index (κ1) is 13.0. The molecule has 0 atom stereocenters. The minimum atomic E-state index is -0.156. The second kappa shape index (κ2) is 5.53. The fourth-order valence-corrected chi connectivity index (χ4v) is 2.67. The second-order valence-electron chi connectivity index (χ2n) is 5.29. The number of hydrogen-bond donors (Lipinski definition) is 1. The monoisotopic (exact) mass is 274 g/mol. The Morgan fingerprint density at radius 3 is 2.85 bits per heavy atom. The van der Waals surface area contributed by atoms with E-state index in [1.165, 1.54) is 6.42 Å². The predicted octanol–water partition coefficient (Wildman–Crippen LogP) is 1.57. The molecule has 0 spiro atoms. The maximum Gasteiger partial charge on any atom is 0.262 e. The van der Waals surface area contributed by atoms with Crippen molar-refractivity contribution in [3.63, 3.8) is 0 Å². The zero-order valence-corrected chi connectivity index (χ0v) is 11.4. The highest BCUT2D eigenvalue weighted by Crippen LogP contribution is 2.28. The quantitative estimate of drug-likeness (QED) is 0.890. The highest BCUT2D eigenvalue weighted by Gasteiger charge is 2.19. The van der Waals surface area contributed by atoms with Gasteiger partial charge in [0.2, 0.25) is 5.91 Å². The van der Waals surface area contributed by atoms with E-state index in [-0.39, 0.29) is 18.4 Å². The fraction of sp³-hybridized carbons (Fsp3) is 0.467. The summed E-state index contributed by atoms with van der Waals surface area (Å²) in [5.41, 5.74) is 1.57. The van der Waals surface area contributed by atoms with Crippen LogP contribution in [-0.2, 0) is 16.0 Å². The fourth-order valence-electron chi connectivity index (χ4n) is 2.67. The van der Waals surface area contributed by atoms with Crippen LogP contribution in [0.4, 0.5) is 5.69 Å². The van der Waals surface area contributed by atoms with Crippen LogP contribution in [0.15, 0.2) is 18.2 Å². The summed E-state index contributed by atoms with van der Waals surface area (Å²) in [6.45, 7) is 1.78. The number of fused-ring (bicyclic) bond motifs is 1. The summed E-state index contributed by atoms with van der Waals surface area (Å²) in [5.74, 6) is 0.670. The first-order valence-corrected chi connectivity index (χ1v) is 7.06. The molecule has 0 bridgehead atoms. The van der Waals surface area contributed by atoms with Crippen LogP contribution >= 0.6 is 0 Å². The van der Waals surface area contributed by atoms with Crippen LogP contribution in [0, 0.1) is 0 Å². The number of likely N-dealkylation sites (tertiary alicyclic amines) is 1. The molecule has 0 saturated carbocycles. The minimum Gasteiger partial charge on any atom is -0.482 e. The van der Waals surface area contributed by atoms with E-state index in [1.807, 2.05) is 23.1 Å². The summed E-state index contributed by atoms with van der Waals surface area (Å²) >= 11 is 0. The number of carbonyl (C=O) groups excluding carboxylic acids is 2. The standard InChI is InChI=1S/C15H18N2O3/c18-14-10-20-13-5-4-11(8-12(13)16-14)9-15(19)17-6-2-1-3-7-17/h4-5,8H,1-3,6-7,9-10H2,(H,16,18). The number of nitrogens with zero attached hydrogens (tertiary/aromatic N) is 1. The third kappa shape index (κ3) is 2.76. The van der Waals surface area contributed by atoms with E-state index in [1.54, 1.807) is 0 Å². The van der Waals surface area contributed by atoms with Crippen molar-refractivity contribution in [3.8, 4) is 5.75 Å². The van der Waals surface area contributed by atoms with Gasteiger partial charge in [0, 0.05) is 13.1 Å². The zero-order chi connectivity index (χ0) is 13.9. The Morgan fingerprint density at radius 1 is 1.25 bits per heavy atom. The summed E-state index contributed by atoms with van der Waals surface area (Å²) in [6, 6.07) is 5.53. The lowest BCUT2D eigenvalue weighted by Crippen LogP contribution is -2.36. The van der Waals surface area contributed by atoms with E-state index < -0.39 is 0 Å². The van der Waals surface area contributed by atoms with Crippen molar-refractivity contribution in [3.05, 3.63) is 23.8 Å². The Morgan fingerprint density at radius 2 is 2.05 bits per heavy atom. The molecule has 20 heavy (non-hydrogen) atoms. The van der Waals surface area contributed by atoms with E-state index in [2.05, 4.69) is 5.32 Å². The van der Waals surface area contributed by atoms with Gasteiger partial charge in [-0.1, -0.05) is 6.07 Å². The number of piperidine rings is 1. The Labute approximate surface area is 117 Å². The Hall–Kier alpha value is -2.04. The average molecular weight is 274 g/mol. The minimum absolute atomic E-state index is 0.0546. The molecule has 2 aliphatic rings. The molecule has 1 saturated heterocycles. The topological polar surface area (TPSA) is 58.6 Å². The van der Waals surface area contributed by atoms with Crippen molar-refractivity contribution in [2.45, 2.75) is 25.7 Å². The summed E-state index contributed by atoms with van der Waals surface area (Å²) < 4.78 is 5.30. The molecule has 0 aromatic heterocycles. The molecule has 1 aromatic rings. The van der Waals surface area contributed by atoms with Crippen molar-refractivity contribution in [2.75, 3.05) is 25.0 Å². The summed E-state index contributed by atoms with van der Waals surface area (Å²) in [5, 5.41) is 2.76. The van der Waals surface area contributed by atoms with Crippen LogP contribution < -0.4 is 10.1 Å². The van der Waals surface area contributed by atoms with Crippen molar-refractivity contribution < 1.29 is 14.3 Å². The van der Waals surface area contributed by atoms with Gasteiger partial charge >= 0.3 is 0 Å². The SMILES string of the molecule is O=C1COc2ccc(CC(=O)N3CCCCC3)cc2N1. The van der Waals surface area contributed by atoms with Crippen LogP contribution in [0.5, 0.6) is 5.75 Å². The lowest BCUT2D eigenvalue weighted by Gasteiger charge is -2.27. The van der Waals surface area contributed by atoms with Crippen LogP contribution in [0.25, 0.3) is 0 Å². The molecule has 1 aromatic carbocycles. The average Bonchev–Trinajstić information content (AvgIpc) is 2.47. The number of carbonyl (C=O) groups is 2. The number of hydrogen-bond acceptors (Lipinski definition) is 3. The molecular formula is C15H18N2O3. The van der Waals surface area contributed by atoms with Crippen LogP contribution in [0.1, 0.15) is 24.8 Å². The molecule has 2 amide bonds. The third-order valence-corrected chi connectivity index (χ3v) is 3.74. The largest absolute Gasteiger partial charge is 0.482 e. The third-order valence-electron chi connectivity index (χ3n) is 3.74. The molecule has 1 fully saturated rings. The summed E-state index contributed by atoms with van der Waals surface area (Å²) in [4.78, 5) is 25.4. The van der Waals surface area contributed by atoms with Gasteiger partial charge in [0.1, 0.15) is 5.75 Å². The second-order valence-corrected chi connectivity index (χ2v) is 5.29. The molecule has 2 aliphatic heterocycles. The number of nitrogens with one attached hydrogen (secondary N) is 1. The Kier molecular flexibility index (Phi) is 3.58. The van der Waals surface area contributed by atoms with Gasteiger partial charge in [-0.2, -0.15) is 0 Å². The number of ether oxygens (including phenoxy) is 1. The van der Waals surface area contributed by atoms with Crippen LogP contribution in [0.2, 0.25) is 0 Å². The van der Waals surface area contributed by atoms with Gasteiger partial charge in [0.25, 0.3) is 5.91 Å². The zero-order valence-electron chi connectivity index (χ0n) is 11.4. The van der Waals surface area contributed by atoms with Gasteiger partial charge in [-0.05, 0) is 37.0 Å². The first-order chi connectivity index (χ1) is 9.72. The van der Waals surface area contributed by atoms with E-state index in [9.17, 15) is 9.59 Å². The van der Waals surface area contributed by atoms with Crippen LogP contribution in [0.3, 0.4) is 0 Å². The van der Waals surface area contributed by atoms with E-state index in [0.29, 0.717) is 17.9 Å². The van der Waals surface area contributed by atoms with E-state index in [0.717, 1.165) is 31.5 Å². The lowest BCUT2D eigenvalue weighted by molar-refractivity contribution is -0.131. The molecule has 0 aliphatic carbocycles. The van der Waals surface area contributed by atoms with Gasteiger partial charge in [0.05, 0.1) is 12.1 Å². The Balaban J connectivity index is 1.69. The van der Waals surface area contributed by atoms with E-state index >= 15 is 0 Å². The van der Waals surface area contributed by atoms with Crippen molar-refractivity contribution in [1.29, 1.82) is 0 Å². The molecule has 5 nitrogen and oxygen atoms in total. The number of rotatable bonds is 2. The molecule has 0 radical (unpaired) electrons. The van der Waals surface area contributed by atoms with Gasteiger partial charge in [-0.25, -0.2) is 0 Å². The maximum absolute atomic E-state index is 12.2. The molecule has 3 rings (SSSR count). The van der Waals surface area contributed by atoms with E-state index in [4.69, 9.17) is 4.74 Å². The highest BCUT2D eigenvalue weighted by atomic mass is 16.5. The Bertz CT molecular complexity index is 536. The number of amides is 2. The van der Waals surface area contributed by atoms with Crippen molar-refractivity contribution in [1.82, 2.24) is 4.90 Å². The normalized spacial score (nSPS) is 18.0. The predicted molar refractivity (Wildman–Crippen MR) is 74.7 cm³/mol. The number of anilines is 1. The summed E-state index contributed by atoms with van der Waals surface area (Å²) in [6.07, 6.45) is 3.79. The molecule has 106 valence electrons.